The first-order chi connectivity index (χ1) is 15.9. The average molecular weight is 443 g/mol. The first-order valence-electron chi connectivity index (χ1n) is 11.6. The molecule has 0 aromatic heterocycles. The maximum absolute atomic E-state index is 13.7. The van der Waals surface area contributed by atoms with Gasteiger partial charge >= 0.3 is 0 Å². The van der Waals surface area contributed by atoms with Crippen LogP contribution < -0.4 is 5.32 Å². The van der Waals surface area contributed by atoms with Crippen LogP contribution in [0.3, 0.4) is 0 Å². The summed E-state index contributed by atoms with van der Waals surface area (Å²) in [4.78, 5) is 28.7. The molecule has 4 nitrogen and oxygen atoms in total. The van der Waals surface area contributed by atoms with Gasteiger partial charge in [-0.1, -0.05) is 83.9 Å². The number of likely N-dealkylation sites (N-methyl/N-ethyl adjacent to an activating group) is 1. The first kappa shape index (κ1) is 24.2. The number of hydrogen-bond acceptors (Lipinski definition) is 2. The molecule has 172 valence electrons. The topological polar surface area (TPSA) is 49.4 Å². The van der Waals surface area contributed by atoms with Gasteiger partial charge in [-0.2, -0.15) is 0 Å². The van der Waals surface area contributed by atoms with Crippen LogP contribution in [0.15, 0.2) is 72.8 Å². The molecule has 0 bridgehead atoms. The van der Waals surface area contributed by atoms with Crippen LogP contribution in [-0.4, -0.2) is 29.3 Å². The first-order valence-corrected chi connectivity index (χ1v) is 11.6. The molecule has 0 aliphatic rings. The second-order valence-electron chi connectivity index (χ2n) is 8.71. The molecule has 1 atom stereocenters. The second-order valence-corrected chi connectivity index (χ2v) is 8.71. The van der Waals surface area contributed by atoms with E-state index in [1.54, 1.807) is 4.90 Å². The SMILES string of the molecule is CCNC(=O)[C@@H](Cc1ccccc1)N(Cc1ccc(C)cc1)C(=O)Cc1cc(C)ccc1C. The Balaban J connectivity index is 1.97. The van der Waals surface area contributed by atoms with Crippen molar-refractivity contribution in [2.24, 2.45) is 0 Å². The van der Waals surface area contributed by atoms with E-state index in [4.69, 9.17) is 0 Å². The molecule has 3 aromatic carbocycles. The van der Waals surface area contributed by atoms with Gasteiger partial charge in [-0.25, -0.2) is 0 Å². The van der Waals surface area contributed by atoms with Gasteiger partial charge in [-0.05, 0) is 49.9 Å². The Hall–Kier alpha value is -3.40. The number of carbonyl (C=O) groups excluding carboxylic acids is 2. The molecule has 0 aliphatic carbocycles. The number of hydrogen-bond donors (Lipinski definition) is 1. The molecule has 4 heteroatoms. The third kappa shape index (κ3) is 6.79. The van der Waals surface area contributed by atoms with Crippen molar-refractivity contribution in [1.29, 1.82) is 0 Å². The standard InChI is InChI=1S/C29H34N2O2/c1-5-30-29(33)27(18-24-9-7-6-8-10-24)31(20-25-15-12-21(2)13-16-25)28(32)19-26-17-22(3)11-14-23(26)4/h6-17,27H,5,18-20H2,1-4H3,(H,30,33)/t27-/m1/s1. The van der Waals surface area contributed by atoms with Gasteiger partial charge in [0.1, 0.15) is 6.04 Å². The van der Waals surface area contributed by atoms with Crippen LogP contribution >= 0.6 is 0 Å². The summed E-state index contributed by atoms with van der Waals surface area (Å²) in [6.07, 6.45) is 0.737. The van der Waals surface area contributed by atoms with E-state index in [0.29, 0.717) is 19.5 Å². The van der Waals surface area contributed by atoms with Crippen LogP contribution in [0.4, 0.5) is 0 Å². The van der Waals surface area contributed by atoms with Crippen molar-refractivity contribution in [2.75, 3.05) is 6.54 Å². The van der Waals surface area contributed by atoms with Gasteiger partial charge in [-0.3, -0.25) is 9.59 Å². The van der Waals surface area contributed by atoms with Crippen LogP contribution in [0.25, 0.3) is 0 Å². The predicted molar refractivity (Wildman–Crippen MR) is 134 cm³/mol. The summed E-state index contributed by atoms with van der Waals surface area (Å²) in [6.45, 7) is 8.91. The van der Waals surface area contributed by atoms with Gasteiger partial charge in [-0.15, -0.1) is 0 Å². The zero-order valence-electron chi connectivity index (χ0n) is 20.1. The molecule has 2 amide bonds. The quantitative estimate of drug-likeness (QED) is 0.511. The zero-order valence-corrected chi connectivity index (χ0v) is 20.1. The summed E-state index contributed by atoms with van der Waals surface area (Å²) in [7, 11) is 0. The number of benzene rings is 3. The van der Waals surface area contributed by atoms with Crippen LogP contribution in [0.1, 0.15) is 40.3 Å². The average Bonchev–Trinajstić information content (AvgIpc) is 2.80. The summed E-state index contributed by atoms with van der Waals surface area (Å²) in [5, 5.41) is 2.95. The van der Waals surface area contributed by atoms with Gasteiger partial charge in [0.05, 0.1) is 6.42 Å². The molecule has 1 N–H and O–H groups in total. The van der Waals surface area contributed by atoms with Crippen LogP contribution in [-0.2, 0) is 29.0 Å². The maximum Gasteiger partial charge on any atom is 0.243 e. The van der Waals surface area contributed by atoms with Crippen molar-refractivity contribution >= 4 is 11.8 Å². The fraction of sp³-hybridized carbons (Fsp3) is 0.310. The summed E-state index contributed by atoms with van der Waals surface area (Å²) in [5.41, 5.74) is 6.42. The zero-order chi connectivity index (χ0) is 23.8. The van der Waals surface area contributed by atoms with E-state index in [2.05, 4.69) is 17.4 Å². The van der Waals surface area contributed by atoms with E-state index in [0.717, 1.165) is 33.4 Å². The van der Waals surface area contributed by atoms with E-state index in [-0.39, 0.29) is 18.2 Å². The van der Waals surface area contributed by atoms with E-state index in [1.165, 1.54) is 0 Å². The minimum absolute atomic E-state index is 0.0449. The number of nitrogens with zero attached hydrogens (tertiary/aromatic N) is 1. The molecule has 0 aliphatic heterocycles. The number of amides is 2. The van der Waals surface area contributed by atoms with Crippen LogP contribution in [0, 0.1) is 20.8 Å². The minimum Gasteiger partial charge on any atom is -0.355 e. The van der Waals surface area contributed by atoms with Crippen molar-refractivity contribution in [3.8, 4) is 0 Å². The van der Waals surface area contributed by atoms with Gasteiger partial charge in [0, 0.05) is 19.5 Å². The number of carbonyl (C=O) groups is 2. The third-order valence-corrected chi connectivity index (χ3v) is 5.94. The van der Waals surface area contributed by atoms with Crippen molar-refractivity contribution in [1.82, 2.24) is 10.2 Å². The highest BCUT2D eigenvalue weighted by atomic mass is 16.2. The summed E-state index contributed by atoms with van der Waals surface area (Å²) >= 11 is 0. The van der Waals surface area contributed by atoms with Crippen molar-refractivity contribution in [3.05, 3.63) is 106 Å². The van der Waals surface area contributed by atoms with Gasteiger partial charge in [0.15, 0.2) is 0 Å². The Morgan fingerprint density at radius 2 is 1.52 bits per heavy atom. The lowest BCUT2D eigenvalue weighted by Gasteiger charge is -2.32. The monoisotopic (exact) mass is 442 g/mol. The third-order valence-electron chi connectivity index (χ3n) is 5.94. The van der Waals surface area contributed by atoms with Crippen LogP contribution in [0.5, 0.6) is 0 Å². The van der Waals surface area contributed by atoms with Crippen molar-refractivity contribution in [2.45, 2.75) is 53.1 Å². The van der Waals surface area contributed by atoms with E-state index >= 15 is 0 Å². The van der Waals surface area contributed by atoms with Gasteiger partial charge in [0.2, 0.25) is 11.8 Å². The molecule has 0 unspecified atom stereocenters. The van der Waals surface area contributed by atoms with Gasteiger partial charge in [0.25, 0.3) is 0 Å². The molecule has 0 saturated carbocycles. The molecule has 0 spiro atoms. The van der Waals surface area contributed by atoms with E-state index in [1.807, 2.05) is 88.4 Å². The molecule has 0 fully saturated rings. The molecular weight excluding hydrogens is 408 g/mol. The summed E-state index contributed by atoms with van der Waals surface area (Å²) < 4.78 is 0. The summed E-state index contributed by atoms with van der Waals surface area (Å²) in [5.74, 6) is -0.167. The molecule has 33 heavy (non-hydrogen) atoms. The number of aryl methyl sites for hydroxylation is 3. The Morgan fingerprint density at radius 1 is 0.848 bits per heavy atom. The molecule has 0 saturated heterocycles. The second kappa shape index (κ2) is 11.5. The van der Waals surface area contributed by atoms with Crippen LogP contribution in [0.2, 0.25) is 0 Å². The highest BCUT2D eigenvalue weighted by Crippen LogP contribution is 2.19. The predicted octanol–water partition coefficient (Wildman–Crippen LogP) is 4.93. The minimum atomic E-state index is -0.591. The lowest BCUT2D eigenvalue weighted by molar-refractivity contribution is -0.140. The fourth-order valence-corrected chi connectivity index (χ4v) is 3.99. The number of nitrogens with one attached hydrogen (secondary N) is 1. The Bertz CT molecular complexity index is 1070. The van der Waals surface area contributed by atoms with Crippen molar-refractivity contribution < 1.29 is 9.59 Å². The number of rotatable bonds is 9. The fourth-order valence-electron chi connectivity index (χ4n) is 3.99. The Labute approximate surface area is 197 Å². The maximum atomic E-state index is 13.7. The molecule has 3 aromatic rings. The summed E-state index contributed by atoms with van der Waals surface area (Å²) in [6, 6.07) is 23.6. The lowest BCUT2D eigenvalue weighted by Crippen LogP contribution is -2.51. The van der Waals surface area contributed by atoms with E-state index < -0.39 is 6.04 Å². The smallest absolute Gasteiger partial charge is 0.243 e. The highest BCUT2D eigenvalue weighted by molar-refractivity contribution is 5.89. The molecule has 3 rings (SSSR count). The normalized spacial score (nSPS) is 11.6. The van der Waals surface area contributed by atoms with Gasteiger partial charge < -0.3 is 10.2 Å². The highest BCUT2D eigenvalue weighted by Gasteiger charge is 2.30. The van der Waals surface area contributed by atoms with E-state index in [9.17, 15) is 9.59 Å². The Morgan fingerprint density at radius 3 is 2.18 bits per heavy atom. The molecule has 0 radical (unpaired) electrons. The van der Waals surface area contributed by atoms with Crippen molar-refractivity contribution in [3.63, 3.8) is 0 Å². The largest absolute Gasteiger partial charge is 0.355 e. The lowest BCUT2D eigenvalue weighted by atomic mass is 9.99. The molecule has 0 heterocycles. The molecular formula is C29H34N2O2. The Kier molecular flexibility index (Phi) is 8.42.